The fourth-order valence-corrected chi connectivity index (χ4v) is 2.99. The van der Waals surface area contributed by atoms with Gasteiger partial charge in [-0.3, -0.25) is 4.79 Å². The molecule has 1 amide bonds. The van der Waals surface area contributed by atoms with Crippen LogP contribution in [0.25, 0.3) is 0 Å². The number of methoxy groups -OCH3 is 1. The Morgan fingerprint density at radius 1 is 0.880 bits per heavy atom. The summed E-state index contributed by atoms with van der Waals surface area (Å²) >= 11 is 0. The highest BCUT2D eigenvalue weighted by molar-refractivity contribution is 5.76. The summed E-state index contributed by atoms with van der Waals surface area (Å²) in [5.74, 6) is 0.155. The van der Waals surface area contributed by atoms with E-state index in [-0.39, 0.29) is 11.9 Å². The van der Waals surface area contributed by atoms with E-state index in [2.05, 4.69) is 24.4 Å². The van der Waals surface area contributed by atoms with Crippen molar-refractivity contribution in [2.24, 2.45) is 0 Å². The van der Waals surface area contributed by atoms with Crippen molar-refractivity contribution in [3.8, 4) is 0 Å². The van der Waals surface area contributed by atoms with Crippen LogP contribution in [0.4, 0.5) is 0 Å². The first kappa shape index (κ1) is 24.2. The summed E-state index contributed by atoms with van der Waals surface area (Å²) < 4.78 is 5.02. The lowest BCUT2D eigenvalue weighted by Gasteiger charge is -2.12. The van der Waals surface area contributed by atoms with E-state index >= 15 is 0 Å². The lowest BCUT2D eigenvalue weighted by atomic mass is 10.1. The molecule has 0 radical (unpaired) electrons. The van der Waals surface area contributed by atoms with E-state index in [9.17, 15) is 4.79 Å². The Kier molecular flexibility index (Phi) is 18.8. The Morgan fingerprint density at radius 2 is 1.40 bits per heavy atom. The summed E-state index contributed by atoms with van der Waals surface area (Å²) in [7, 11) is 1.66. The van der Waals surface area contributed by atoms with E-state index < -0.39 is 0 Å². The molecule has 1 atom stereocenters. The van der Waals surface area contributed by atoms with Crippen LogP contribution in [0.15, 0.2) is 12.2 Å². The number of unbranched alkanes of at least 4 members (excludes halogenated alkanes) is 11. The second-order valence-electron chi connectivity index (χ2n) is 7.26. The van der Waals surface area contributed by atoms with Gasteiger partial charge in [-0.2, -0.15) is 0 Å². The highest BCUT2D eigenvalue weighted by Gasteiger charge is 2.06. The van der Waals surface area contributed by atoms with Gasteiger partial charge in [0.25, 0.3) is 0 Å². The van der Waals surface area contributed by atoms with Gasteiger partial charge in [-0.05, 0) is 39.0 Å². The van der Waals surface area contributed by atoms with Gasteiger partial charge < -0.3 is 10.1 Å². The number of carbonyl (C=O) groups excluding carboxylic acids is 1. The quantitative estimate of drug-likeness (QED) is 0.236. The maximum absolute atomic E-state index is 11.7. The van der Waals surface area contributed by atoms with Crippen molar-refractivity contribution in [2.75, 3.05) is 13.7 Å². The minimum absolute atomic E-state index is 0.112. The standard InChI is InChI=1S/C22H43NO2/c1-4-5-6-7-8-9-10-11-12-13-14-15-16-17-18-19-22(24)23-21(2)20-25-3/h11-12,21H,4-10,13-20H2,1-3H3,(H,23,24)/b12-11+/t21-/m0/s1. The Labute approximate surface area is 157 Å². The van der Waals surface area contributed by atoms with E-state index in [1.807, 2.05) is 6.92 Å². The molecule has 1 N–H and O–H groups in total. The number of rotatable bonds is 18. The zero-order valence-electron chi connectivity index (χ0n) is 17.2. The molecule has 0 aromatic carbocycles. The van der Waals surface area contributed by atoms with E-state index in [1.165, 1.54) is 70.6 Å². The maximum Gasteiger partial charge on any atom is 0.220 e. The third-order valence-electron chi connectivity index (χ3n) is 4.49. The summed E-state index contributed by atoms with van der Waals surface area (Å²) in [4.78, 5) is 11.7. The number of ether oxygens (including phenoxy) is 1. The van der Waals surface area contributed by atoms with Crippen LogP contribution in [0.5, 0.6) is 0 Å². The molecule has 0 aliphatic carbocycles. The van der Waals surface area contributed by atoms with Crippen LogP contribution in [0.2, 0.25) is 0 Å². The number of allylic oxidation sites excluding steroid dienone is 2. The van der Waals surface area contributed by atoms with Crippen LogP contribution in [-0.4, -0.2) is 25.7 Å². The summed E-state index contributed by atoms with van der Waals surface area (Å²) in [5, 5.41) is 2.96. The van der Waals surface area contributed by atoms with Crippen molar-refractivity contribution in [3.63, 3.8) is 0 Å². The molecule has 0 aliphatic heterocycles. The number of nitrogens with one attached hydrogen (secondary N) is 1. The zero-order chi connectivity index (χ0) is 18.6. The monoisotopic (exact) mass is 353 g/mol. The molecule has 0 fully saturated rings. The fraction of sp³-hybridized carbons (Fsp3) is 0.864. The van der Waals surface area contributed by atoms with Gasteiger partial charge in [0, 0.05) is 19.6 Å². The molecule has 3 heteroatoms. The fourth-order valence-electron chi connectivity index (χ4n) is 2.99. The molecule has 148 valence electrons. The molecular weight excluding hydrogens is 310 g/mol. The van der Waals surface area contributed by atoms with E-state index in [1.54, 1.807) is 7.11 Å². The molecule has 0 saturated carbocycles. The summed E-state index contributed by atoms with van der Waals surface area (Å²) in [6.07, 6.45) is 22.1. The van der Waals surface area contributed by atoms with Gasteiger partial charge in [-0.15, -0.1) is 0 Å². The normalized spacial score (nSPS) is 12.6. The van der Waals surface area contributed by atoms with Gasteiger partial charge >= 0.3 is 0 Å². The molecule has 25 heavy (non-hydrogen) atoms. The van der Waals surface area contributed by atoms with Gasteiger partial charge in [-0.25, -0.2) is 0 Å². The van der Waals surface area contributed by atoms with E-state index in [0.29, 0.717) is 13.0 Å². The van der Waals surface area contributed by atoms with Crippen molar-refractivity contribution in [1.29, 1.82) is 0 Å². The van der Waals surface area contributed by atoms with Crippen LogP contribution < -0.4 is 5.32 Å². The third kappa shape index (κ3) is 19.3. The molecule has 0 bridgehead atoms. The summed E-state index contributed by atoms with van der Waals surface area (Å²) in [5.41, 5.74) is 0. The van der Waals surface area contributed by atoms with E-state index in [4.69, 9.17) is 4.74 Å². The van der Waals surface area contributed by atoms with Crippen molar-refractivity contribution < 1.29 is 9.53 Å². The molecule has 0 aromatic heterocycles. The van der Waals surface area contributed by atoms with Gasteiger partial charge in [0.1, 0.15) is 0 Å². The van der Waals surface area contributed by atoms with Crippen LogP contribution in [-0.2, 0) is 9.53 Å². The number of hydrogen-bond acceptors (Lipinski definition) is 2. The van der Waals surface area contributed by atoms with Crippen molar-refractivity contribution in [2.45, 2.75) is 110 Å². The Balaban J connectivity index is 3.25. The minimum Gasteiger partial charge on any atom is -0.383 e. The molecule has 0 aromatic rings. The molecule has 0 rings (SSSR count). The maximum atomic E-state index is 11.7. The van der Waals surface area contributed by atoms with Crippen LogP contribution in [0, 0.1) is 0 Å². The number of amides is 1. The SMILES string of the molecule is CCCCCCCC/C=C/CCCCCCCC(=O)N[C@@H](C)COC. The van der Waals surface area contributed by atoms with Crippen LogP contribution >= 0.6 is 0 Å². The first-order valence-electron chi connectivity index (χ1n) is 10.6. The molecule has 3 nitrogen and oxygen atoms in total. The Morgan fingerprint density at radius 3 is 1.96 bits per heavy atom. The topological polar surface area (TPSA) is 38.3 Å². The smallest absolute Gasteiger partial charge is 0.220 e. The lowest BCUT2D eigenvalue weighted by molar-refractivity contribution is -0.122. The number of carbonyl (C=O) groups is 1. The van der Waals surface area contributed by atoms with Gasteiger partial charge in [0.05, 0.1) is 6.61 Å². The predicted molar refractivity (Wildman–Crippen MR) is 109 cm³/mol. The van der Waals surface area contributed by atoms with Gasteiger partial charge in [0.2, 0.25) is 5.91 Å². The largest absolute Gasteiger partial charge is 0.383 e. The average molecular weight is 354 g/mol. The molecule has 0 aliphatic rings. The number of hydrogen-bond donors (Lipinski definition) is 1. The summed E-state index contributed by atoms with van der Waals surface area (Å²) in [6, 6.07) is 0.112. The third-order valence-corrected chi connectivity index (χ3v) is 4.49. The molecule has 0 heterocycles. The summed E-state index contributed by atoms with van der Waals surface area (Å²) in [6.45, 7) is 4.82. The Hall–Kier alpha value is -0.830. The predicted octanol–water partition coefficient (Wildman–Crippen LogP) is 6.18. The van der Waals surface area contributed by atoms with Crippen LogP contribution in [0.3, 0.4) is 0 Å². The van der Waals surface area contributed by atoms with Gasteiger partial charge in [0.15, 0.2) is 0 Å². The molecule has 0 saturated heterocycles. The van der Waals surface area contributed by atoms with Crippen molar-refractivity contribution >= 4 is 5.91 Å². The highest BCUT2D eigenvalue weighted by atomic mass is 16.5. The minimum atomic E-state index is 0.112. The highest BCUT2D eigenvalue weighted by Crippen LogP contribution is 2.10. The molecular formula is C22H43NO2. The lowest BCUT2D eigenvalue weighted by Crippen LogP contribution is -2.35. The van der Waals surface area contributed by atoms with Crippen LogP contribution in [0.1, 0.15) is 104 Å². The Bertz CT molecular complexity index is 315. The van der Waals surface area contributed by atoms with Crippen molar-refractivity contribution in [3.05, 3.63) is 12.2 Å². The first-order chi connectivity index (χ1) is 12.2. The first-order valence-corrected chi connectivity index (χ1v) is 10.6. The second kappa shape index (κ2) is 19.5. The second-order valence-corrected chi connectivity index (χ2v) is 7.26. The zero-order valence-corrected chi connectivity index (χ0v) is 17.2. The van der Waals surface area contributed by atoms with E-state index in [0.717, 1.165) is 12.8 Å². The average Bonchev–Trinajstić information content (AvgIpc) is 2.58. The molecule has 0 spiro atoms. The van der Waals surface area contributed by atoms with Crippen molar-refractivity contribution in [1.82, 2.24) is 5.32 Å². The molecule has 0 unspecified atom stereocenters. The van der Waals surface area contributed by atoms with Gasteiger partial charge in [-0.1, -0.05) is 70.4 Å².